The third-order valence-corrected chi connectivity index (χ3v) is 2.89. The van der Waals surface area contributed by atoms with E-state index in [4.69, 9.17) is 0 Å². The molecule has 0 saturated carbocycles. The van der Waals surface area contributed by atoms with E-state index in [1.54, 1.807) is 13.1 Å². The Kier molecular flexibility index (Phi) is 4.12. The number of hydrogen-bond acceptors (Lipinski definition) is 2. The van der Waals surface area contributed by atoms with Crippen molar-refractivity contribution in [2.24, 2.45) is 0 Å². The monoisotopic (exact) mass is 279 g/mol. The maximum atomic E-state index is 13.5. The molecule has 0 radical (unpaired) electrons. The molecule has 0 saturated heterocycles. The lowest BCUT2D eigenvalue weighted by Gasteiger charge is -2.12. The number of aromatic amines is 1. The third kappa shape index (κ3) is 3.20. The lowest BCUT2D eigenvalue weighted by molar-refractivity contribution is -0.121. The average molecular weight is 279 g/mol. The first-order valence-electron chi connectivity index (χ1n) is 6.21. The van der Waals surface area contributed by atoms with Crippen molar-refractivity contribution in [1.82, 2.24) is 15.3 Å². The number of imidazole rings is 1. The molecule has 0 aliphatic heterocycles. The molecule has 6 heteroatoms. The first-order valence-corrected chi connectivity index (χ1v) is 6.21. The van der Waals surface area contributed by atoms with Gasteiger partial charge < -0.3 is 10.3 Å². The molecule has 2 N–H and O–H groups in total. The third-order valence-electron chi connectivity index (χ3n) is 2.89. The first-order chi connectivity index (χ1) is 9.47. The summed E-state index contributed by atoms with van der Waals surface area (Å²) in [4.78, 5) is 18.9. The molecule has 0 spiro atoms. The lowest BCUT2D eigenvalue weighted by Crippen LogP contribution is -2.29. The summed E-state index contributed by atoms with van der Waals surface area (Å²) in [5, 5.41) is 2.68. The van der Waals surface area contributed by atoms with Crippen molar-refractivity contribution in [1.29, 1.82) is 0 Å². The van der Waals surface area contributed by atoms with Gasteiger partial charge in [-0.1, -0.05) is 12.1 Å². The lowest BCUT2D eigenvalue weighted by atomic mass is 10.1. The van der Waals surface area contributed by atoms with Gasteiger partial charge in [0, 0.05) is 17.5 Å². The average Bonchev–Trinajstić information content (AvgIpc) is 2.82. The summed E-state index contributed by atoms with van der Waals surface area (Å²) in [6.45, 7) is 3.62. The van der Waals surface area contributed by atoms with E-state index in [0.717, 1.165) is 11.8 Å². The molecule has 1 aromatic carbocycles. The molecule has 1 atom stereocenters. The van der Waals surface area contributed by atoms with Crippen molar-refractivity contribution < 1.29 is 13.6 Å². The van der Waals surface area contributed by atoms with Gasteiger partial charge in [0.2, 0.25) is 5.91 Å². The molecule has 1 amide bonds. The molecule has 2 aromatic rings. The van der Waals surface area contributed by atoms with Crippen molar-refractivity contribution in [3.63, 3.8) is 0 Å². The van der Waals surface area contributed by atoms with Crippen LogP contribution in [0.4, 0.5) is 8.78 Å². The molecule has 106 valence electrons. The molecule has 0 unspecified atom stereocenters. The number of carbonyl (C=O) groups excluding carboxylic acids is 1. The maximum Gasteiger partial charge on any atom is 0.225 e. The van der Waals surface area contributed by atoms with E-state index < -0.39 is 17.5 Å². The number of H-pyrrole nitrogens is 1. The molecule has 0 aliphatic carbocycles. The Bertz CT molecular complexity index is 625. The smallest absolute Gasteiger partial charge is 0.225 e. The minimum Gasteiger partial charge on any atom is -0.346 e. The molecule has 2 rings (SSSR count). The summed E-state index contributed by atoms with van der Waals surface area (Å²) in [6, 6.07) is 3.46. The summed E-state index contributed by atoms with van der Waals surface area (Å²) in [5.74, 6) is -1.71. The van der Waals surface area contributed by atoms with E-state index in [9.17, 15) is 13.6 Å². The summed E-state index contributed by atoms with van der Waals surface area (Å²) in [6.07, 6.45) is 1.44. The molecule has 1 heterocycles. The van der Waals surface area contributed by atoms with Gasteiger partial charge in [0.05, 0.1) is 12.5 Å². The van der Waals surface area contributed by atoms with Crippen LogP contribution < -0.4 is 5.32 Å². The number of rotatable bonds is 4. The highest BCUT2D eigenvalue weighted by Gasteiger charge is 2.15. The van der Waals surface area contributed by atoms with Crippen LogP contribution in [0.2, 0.25) is 0 Å². The number of hydrogen-bond donors (Lipinski definition) is 2. The Morgan fingerprint density at radius 2 is 2.20 bits per heavy atom. The molecular weight excluding hydrogens is 264 g/mol. The van der Waals surface area contributed by atoms with Crippen molar-refractivity contribution in [3.05, 3.63) is 53.1 Å². The van der Waals surface area contributed by atoms with Crippen LogP contribution in [-0.4, -0.2) is 15.9 Å². The second kappa shape index (κ2) is 5.81. The SMILES string of the molecule is Cc1cnc([C@H](C)NC(=O)Cc2cccc(F)c2F)[nH]1. The van der Waals surface area contributed by atoms with Gasteiger partial charge in [-0.15, -0.1) is 0 Å². The van der Waals surface area contributed by atoms with Crippen LogP contribution in [0.1, 0.15) is 30.0 Å². The van der Waals surface area contributed by atoms with Crippen molar-refractivity contribution in [2.45, 2.75) is 26.3 Å². The number of aryl methyl sites for hydroxylation is 1. The number of aromatic nitrogens is 2. The standard InChI is InChI=1S/C14H15F2N3O/c1-8-7-17-14(18-8)9(2)19-12(20)6-10-4-3-5-11(15)13(10)16/h3-5,7,9H,6H2,1-2H3,(H,17,18)(H,19,20)/t9-/m0/s1. The Morgan fingerprint density at radius 1 is 1.45 bits per heavy atom. The highest BCUT2D eigenvalue weighted by atomic mass is 19.2. The molecule has 4 nitrogen and oxygen atoms in total. The first kappa shape index (κ1) is 14.2. The van der Waals surface area contributed by atoms with Gasteiger partial charge in [0.15, 0.2) is 11.6 Å². The predicted molar refractivity (Wildman–Crippen MR) is 69.9 cm³/mol. The molecular formula is C14H15F2N3O. The van der Waals surface area contributed by atoms with Gasteiger partial charge in [-0.25, -0.2) is 13.8 Å². The van der Waals surface area contributed by atoms with Crippen LogP contribution in [0.3, 0.4) is 0 Å². The molecule has 20 heavy (non-hydrogen) atoms. The van der Waals surface area contributed by atoms with Gasteiger partial charge in [-0.05, 0) is 19.9 Å². The van der Waals surface area contributed by atoms with E-state index in [1.807, 2.05) is 6.92 Å². The number of benzene rings is 1. The fourth-order valence-electron chi connectivity index (χ4n) is 1.87. The van der Waals surface area contributed by atoms with Crippen LogP contribution in [0.25, 0.3) is 0 Å². The predicted octanol–water partition coefficient (Wildman–Crippen LogP) is 2.42. The largest absolute Gasteiger partial charge is 0.346 e. The molecule has 0 bridgehead atoms. The second-order valence-corrected chi connectivity index (χ2v) is 4.63. The summed E-state index contributed by atoms with van der Waals surface area (Å²) in [7, 11) is 0. The highest BCUT2D eigenvalue weighted by Crippen LogP contribution is 2.13. The van der Waals surface area contributed by atoms with E-state index in [0.29, 0.717) is 5.82 Å². The number of nitrogens with one attached hydrogen (secondary N) is 2. The van der Waals surface area contributed by atoms with E-state index in [-0.39, 0.29) is 18.0 Å². The summed E-state index contributed by atoms with van der Waals surface area (Å²) >= 11 is 0. The van der Waals surface area contributed by atoms with Crippen molar-refractivity contribution in [2.75, 3.05) is 0 Å². The van der Waals surface area contributed by atoms with Gasteiger partial charge >= 0.3 is 0 Å². The van der Waals surface area contributed by atoms with Crippen molar-refractivity contribution >= 4 is 5.91 Å². The topological polar surface area (TPSA) is 57.8 Å². The van der Waals surface area contributed by atoms with Gasteiger partial charge in [0.1, 0.15) is 5.82 Å². The minimum absolute atomic E-state index is 0.0327. The zero-order chi connectivity index (χ0) is 14.7. The normalized spacial score (nSPS) is 12.2. The highest BCUT2D eigenvalue weighted by molar-refractivity contribution is 5.78. The van der Waals surface area contributed by atoms with Crippen molar-refractivity contribution in [3.8, 4) is 0 Å². The number of carbonyl (C=O) groups is 1. The molecule has 0 aliphatic rings. The Labute approximate surface area is 115 Å². The second-order valence-electron chi connectivity index (χ2n) is 4.63. The zero-order valence-corrected chi connectivity index (χ0v) is 11.2. The Morgan fingerprint density at radius 3 is 2.85 bits per heavy atom. The number of amides is 1. The molecule has 1 aromatic heterocycles. The van der Waals surface area contributed by atoms with Crippen LogP contribution in [0.15, 0.2) is 24.4 Å². The maximum absolute atomic E-state index is 13.5. The van der Waals surface area contributed by atoms with Crippen LogP contribution in [0.5, 0.6) is 0 Å². The van der Waals surface area contributed by atoms with Gasteiger partial charge in [-0.3, -0.25) is 4.79 Å². The fourth-order valence-corrected chi connectivity index (χ4v) is 1.87. The fraction of sp³-hybridized carbons (Fsp3) is 0.286. The Hall–Kier alpha value is -2.24. The van der Waals surface area contributed by atoms with E-state index >= 15 is 0 Å². The summed E-state index contributed by atoms with van der Waals surface area (Å²) in [5.41, 5.74) is 0.919. The quantitative estimate of drug-likeness (QED) is 0.903. The van der Waals surface area contributed by atoms with E-state index in [2.05, 4.69) is 15.3 Å². The zero-order valence-electron chi connectivity index (χ0n) is 11.2. The van der Waals surface area contributed by atoms with Crippen LogP contribution in [0, 0.1) is 18.6 Å². The number of nitrogens with zero attached hydrogens (tertiary/aromatic N) is 1. The van der Waals surface area contributed by atoms with Gasteiger partial charge in [-0.2, -0.15) is 0 Å². The summed E-state index contributed by atoms with van der Waals surface area (Å²) < 4.78 is 26.5. The number of halogens is 2. The van der Waals surface area contributed by atoms with Crippen LogP contribution >= 0.6 is 0 Å². The minimum atomic E-state index is -0.982. The van der Waals surface area contributed by atoms with Crippen LogP contribution in [-0.2, 0) is 11.2 Å². The Balaban J connectivity index is 2.00. The molecule has 0 fully saturated rings. The van der Waals surface area contributed by atoms with Gasteiger partial charge in [0.25, 0.3) is 0 Å². The van der Waals surface area contributed by atoms with E-state index in [1.165, 1.54) is 12.1 Å².